The van der Waals surface area contributed by atoms with Crippen LogP contribution in [0.25, 0.3) is 11.0 Å². The van der Waals surface area contributed by atoms with Crippen LogP contribution < -0.4 is 5.32 Å². The maximum absolute atomic E-state index is 12.8. The molecule has 1 fully saturated rings. The lowest BCUT2D eigenvalue weighted by atomic mass is 10.1. The first kappa shape index (κ1) is 18.1. The number of aromatic amines is 1. The number of nitrogens with one attached hydrogen (secondary N) is 2. The van der Waals surface area contributed by atoms with Crippen molar-refractivity contribution in [1.29, 1.82) is 0 Å². The highest BCUT2D eigenvalue weighted by molar-refractivity contribution is 6.04. The monoisotopic (exact) mass is 378 g/mol. The van der Waals surface area contributed by atoms with Crippen molar-refractivity contribution in [3.8, 4) is 0 Å². The maximum atomic E-state index is 12.8. The fourth-order valence-corrected chi connectivity index (χ4v) is 3.42. The SMILES string of the molecule is CC(NC(=O)c1nccnc1C(=O)N1CCCCC1)c1nc2ccccc2[nH]1. The summed E-state index contributed by atoms with van der Waals surface area (Å²) in [6.45, 7) is 3.20. The number of hydrogen-bond donors (Lipinski definition) is 2. The quantitative estimate of drug-likeness (QED) is 0.726. The minimum Gasteiger partial charge on any atom is -0.341 e. The van der Waals surface area contributed by atoms with Gasteiger partial charge in [-0.1, -0.05) is 12.1 Å². The minimum absolute atomic E-state index is 0.0426. The van der Waals surface area contributed by atoms with E-state index in [4.69, 9.17) is 0 Å². The Morgan fingerprint density at radius 1 is 1.07 bits per heavy atom. The third-order valence-corrected chi connectivity index (χ3v) is 4.92. The van der Waals surface area contributed by atoms with Gasteiger partial charge in [-0.15, -0.1) is 0 Å². The molecule has 1 aliphatic heterocycles. The molecule has 8 heteroatoms. The highest BCUT2D eigenvalue weighted by Gasteiger charge is 2.26. The topological polar surface area (TPSA) is 104 Å². The standard InChI is InChI=1S/C20H22N6O2/c1-13(18-24-14-7-3-4-8-15(14)25-18)23-19(27)16-17(22-10-9-21-16)20(28)26-11-5-2-6-12-26/h3-4,7-10,13H,2,5-6,11-12H2,1H3,(H,23,27)(H,24,25). The number of benzene rings is 1. The number of carbonyl (C=O) groups is 2. The Labute approximate surface area is 162 Å². The molecule has 1 aliphatic rings. The average molecular weight is 378 g/mol. The molecule has 3 heterocycles. The fourth-order valence-electron chi connectivity index (χ4n) is 3.42. The Kier molecular flexibility index (Phi) is 5.01. The lowest BCUT2D eigenvalue weighted by molar-refractivity contribution is 0.0710. The summed E-state index contributed by atoms with van der Waals surface area (Å²) in [4.78, 5) is 43.4. The lowest BCUT2D eigenvalue weighted by Gasteiger charge is -2.26. The van der Waals surface area contributed by atoms with Gasteiger partial charge in [0.2, 0.25) is 0 Å². The van der Waals surface area contributed by atoms with E-state index in [-0.39, 0.29) is 23.3 Å². The second-order valence-corrected chi connectivity index (χ2v) is 6.94. The summed E-state index contributed by atoms with van der Waals surface area (Å²) in [6, 6.07) is 7.29. The number of amides is 2. The number of hydrogen-bond acceptors (Lipinski definition) is 5. The summed E-state index contributed by atoms with van der Waals surface area (Å²) in [7, 11) is 0. The average Bonchev–Trinajstić information content (AvgIpc) is 3.18. The normalized spacial score (nSPS) is 15.4. The molecule has 8 nitrogen and oxygen atoms in total. The summed E-state index contributed by atoms with van der Waals surface area (Å²) in [5.74, 6) is -0.0434. The molecule has 1 atom stereocenters. The number of carbonyl (C=O) groups excluding carboxylic acids is 2. The van der Waals surface area contributed by atoms with Crippen molar-refractivity contribution < 1.29 is 9.59 Å². The Hall–Kier alpha value is -3.29. The van der Waals surface area contributed by atoms with Gasteiger partial charge in [0.15, 0.2) is 11.4 Å². The van der Waals surface area contributed by atoms with Crippen molar-refractivity contribution >= 4 is 22.8 Å². The van der Waals surface area contributed by atoms with E-state index in [0.29, 0.717) is 18.9 Å². The second-order valence-electron chi connectivity index (χ2n) is 6.94. The summed E-state index contributed by atoms with van der Waals surface area (Å²) in [5.41, 5.74) is 1.87. The summed E-state index contributed by atoms with van der Waals surface area (Å²) < 4.78 is 0. The van der Waals surface area contributed by atoms with Crippen LogP contribution in [-0.2, 0) is 0 Å². The van der Waals surface area contributed by atoms with Crippen molar-refractivity contribution in [3.63, 3.8) is 0 Å². The molecule has 0 saturated carbocycles. The number of aromatic nitrogens is 4. The number of imidazole rings is 1. The van der Waals surface area contributed by atoms with E-state index < -0.39 is 5.91 Å². The number of piperidine rings is 1. The summed E-state index contributed by atoms with van der Waals surface area (Å²) >= 11 is 0. The number of fused-ring (bicyclic) bond motifs is 1. The fraction of sp³-hybridized carbons (Fsp3) is 0.350. The van der Waals surface area contributed by atoms with Crippen molar-refractivity contribution in [2.75, 3.05) is 13.1 Å². The van der Waals surface area contributed by atoms with Crippen LogP contribution >= 0.6 is 0 Å². The highest BCUT2D eigenvalue weighted by Crippen LogP contribution is 2.17. The summed E-state index contributed by atoms with van der Waals surface area (Å²) in [5, 5.41) is 2.87. The van der Waals surface area contributed by atoms with Crippen molar-refractivity contribution in [2.45, 2.75) is 32.2 Å². The predicted molar refractivity (Wildman–Crippen MR) is 104 cm³/mol. The molecule has 0 radical (unpaired) electrons. The second kappa shape index (κ2) is 7.75. The molecule has 1 unspecified atom stereocenters. The number of para-hydroxylation sites is 2. The number of likely N-dealkylation sites (tertiary alicyclic amines) is 1. The van der Waals surface area contributed by atoms with E-state index >= 15 is 0 Å². The van der Waals surface area contributed by atoms with Crippen molar-refractivity contribution in [2.24, 2.45) is 0 Å². The molecule has 2 aromatic heterocycles. The van der Waals surface area contributed by atoms with Gasteiger partial charge in [-0.25, -0.2) is 15.0 Å². The van der Waals surface area contributed by atoms with Crippen LogP contribution in [0.4, 0.5) is 0 Å². The maximum Gasteiger partial charge on any atom is 0.274 e. The largest absolute Gasteiger partial charge is 0.341 e. The molecule has 2 amide bonds. The van der Waals surface area contributed by atoms with Crippen molar-refractivity contribution in [3.05, 3.63) is 53.9 Å². The number of nitrogens with zero attached hydrogens (tertiary/aromatic N) is 4. The Morgan fingerprint density at radius 2 is 1.79 bits per heavy atom. The van der Waals surface area contributed by atoms with Crippen LogP contribution in [0.15, 0.2) is 36.7 Å². The van der Waals surface area contributed by atoms with Crippen LogP contribution in [0, 0.1) is 0 Å². The smallest absolute Gasteiger partial charge is 0.274 e. The Bertz CT molecular complexity index is 976. The molecule has 1 saturated heterocycles. The van der Waals surface area contributed by atoms with Crippen LogP contribution in [0.5, 0.6) is 0 Å². The van der Waals surface area contributed by atoms with Crippen LogP contribution in [-0.4, -0.2) is 49.7 Å². The third-order valence-electron chi connectivity index (χ3n) is 4.92. The molecular weight excluding hydrogens is 356 g/mol. The third kappa shape index (κ3) is 3.58. The van der Waals surface area contributed by atoms with Gasteiger partial charge in [-0.05, 0) is 38.3 Å². The van der Waals surface area contributed by atoms with E-state index in [0.717, 1.165) is 30.3 Å². The first-order chi connectivity index (χ1) is 13.6. The molecule has 28 heavy (non-hydrogen) atoms. The van der Waals surface area contributed by atoms with E-state index in [1.807, 2.05) is 31.2 Å². The Morgan fingerprint density at radius 3 is 2.54 bits per heavy atom. The van der Waals surface area contributed by atoms with Gasteiger partial charge < -0.3 is 15.2 Å². The van der Waals surface area contributed by atoms with Gasteiger partial charge in [0.25, 0.3) is 11.8 Å². The van der Waals surface area contributed by atoms with Gasteiger partial charge in [0.05, 0.1) is 17.1 Å². The van der Waals surface area contributed by atoms with Crippen molar-refractivity contribution in [1.82, 2.24) is 30.2 Å². The molecule has 2 N–H and O–H groups in total. The van der Waals surface area contributed by atoms with Gasteiger partial charge in [-0.2, -0.15) is 0 Å². The van der Waals surface area contributed by atoms with Gasteiger partial charge in [-0.3, -0.25) is 9.59 Å². The zero-order valence-corrected chi connectivity index (χ0v) is 15.7. The first-order valence-electron chi connectivity index (χ1n) is 9.49. The molecule has 0 spiro atoms. The molecule has 3 aromatic rings. The van der Waals surface area contributed by atoms with E-state index in [2.05, 4.69) is 25.3 Å². The zero-order chi connectivity index (χ0) is 19.5. The molecule has 0 aliphatic carbocycles. The Balaban J connectivity index is 1.53. The molecule has 4 rings (SSSR count). The van der Waals surface area contributed by atoms with Gasteiger partial charge in [0.1, 0.15) is 5.82 Å². The number of H-pyrrole nitrogens is 1. The molecular formula is C20H22N6O2. The first-order valence-corrected chi connectivity index (χ1v) is 9.49. The highest BCUT2D eigenvalue weighted by atomic mass is 16.2. The van der Waals surface area contributed by atoms with Gasteiger partial charge >= 0.3 is 0 Å². The zero-order valence-electron chi connectivity index (χ0n) is 15.7. The minimum atomic E-state index is -0.443. The van der Waals surface area contributed by atoms with E-state index in [1.54, 1.807) is 4.90 Å². The molecule has 144 valence electrons. The number of rotatable bonds is 4. The summed E-state index contributed by atoms with van der Waals surface area (Å²) in [6.07, 6.45) is 5.92. The van der Waals surface area contributed by atoms with Gasteiger partial charge in [0, 0.05) is 25.5 Å². The van der Waals surface area contributed by atoms with E-state index in [1.165, 1.54) is 12.4 Å². The predicted octanol–water partition coefficient (Wildman–Crippen LogP) is 2.47. The van der Waals surface area contributed by atoms with Crippen LogP contribution in [0.3, 0.4) is 0 Å². The molecule has 0 bridgehead atoms. The lowest BCUT2D eigenvalue weighted by Crippen LogP contribution is -2.38. The van der Waals surface area contributed by atoms with E-state index in [9.17, 15) is 9.59 Å². The molecule has 1 aromatic carbocycles. The van der Waals surface area contributed by atoms with Crippen LogP contribution in [0.2, 0.25) is 0 Å². The van der Waals surface area contributed by atoms with Crippen LogP contribution in [0.1, 0.15) is 59.0 Å².